The Hall–Kier alpha value is -2.10. The highest BCUT2D eigenvalue weighted by molar-refractivity contribution is 5.94. The summed E-state index contributed by atoms with van der Waals surface area (Å²) >= 11 is 0. The number of hydrogen-bond donors (Lipinski definition) is 1. The molecule has 0 fully saturated rings. The van der Waals surface area contributed by atoms with Crippen molar-refractivity contribution in [2.45, 2.75) is 13.8 Å². The summed E-state index contributed by atoms with van der Waals surface area (Å²) in [5, 5.41) is 8.98. The standard InChI is InChI=1S/C13H14O4/c1-3-17-12(14)7-5-10-8-9(2)4-6-11(10)13(15)16/h4-8H,3H2,1-2H3,(H,15,16). The quantitative estimate of drug-likeness (QED) is 0.641. The average molecular weight is 234 g/mol. The van der Waals surface area contributed by atoms with Gasteiger partial charge in [-0.3, -0.25) is 0 Å². The summed E-state index contributed by atoms with van der Waals surface area (Å²) in [4.78, 5) is 22.1. The van der Waals surface area contributed by atoms with Crippen molar-refractivity contribution in [3.8, 4) is 0 Å². The summed E-state index contributed by atoms with van der Waals surface area (Å²) in [6.07, 6.45) is 2.68. The van der Waals surface area contributed by atoms with E-state index < -0.39 is 11.9 Å². The molecule has 0 heterocycles. The number of hydrogen-bond acceptors (Lipinski definition) is 3. The highest BCUT2D eigenvalue weighted by Crippen LogP contribution is 2.13. The average Bonchev–Trinajstić information content (AvgIpc) is 2.26. The van der Waals surface area contributed by atoms with Crippen molar-refractivity contribution in [3.63, 3.8) is 0 Å². The van der Waals surface area contributed by atoms with Crippen LogP contribution in [-0.2, 0) is 9.53 Å². The number of ether oxygens (including phenoxy) is 1. The molecule has 0 aromatic heterocycles. The van der Waals surface area contributed by atoms with Crippen LogP contribution in [0.2, 0.25) is 0 Å². The summed E-state index contributed by atoms with van der Waals surface area (Å²) in [6, 6.07) is 4.94. The molecule has 0 aliphatic carbocycles. The molecule has 0 saturated carbocycles. The van der Waals surface area contributed by atoms with Gasteiger partial charge in [-0.25, -0.2) is 9.59 Å². The van der Waals surface area contributed by atoms with Gasteiger partial charge in [0.15, 0.2) is 0 Å². The van der Waals surface area contributed by atoms with Crippen LogP contribution in [0.1, 0.15) is 28.4 Å². The Bertz CT molecular complexity index is 460. The van der Waals surface area contributed by atoms with Crippen molar-refractivity contribution in [1.29, 1.82) is 0 Å². The lowest BCUT2D eigenvalue weighted by Crippen LogP contribution is -2.01. The molecule has 4 heteroatoms. The van der Waals surface area contributed by atoms with Gasteiger partial charge in [-0.15, -0.1) is 0 Å². The smallest absolute Gasteiger partial charge is 0.336 e. The zero-order valence-electron chi connectivity index (χ0n) is 9.77. The number of carbonyl (C=O) groups excluding carboxylic acids is 1. The predicted molar refractivity (Wildman–Crippen MR) is 63.8 cm³/mol. The van der Waals surface area contributed by atoms with Crippen molar-refractivity contribution in [1.82, 2.24) is 0 Å². The molecule has 0 saturated heterocycles. The molecule has 0 atom stereocenters. The van der Waals surface area contributed by atoms with Crippen molar-refractivity contribution in [2.75, 3.05) is 6.61 Å². The van der Waals surface area contributed by atoms with Gasteiger partial charge >= 0.3 is 11.9 Å². The molecule has 4 nitrogen and oxygen atoms in total. The van der Waals surface area contributed by atoms with Gasteiger partial charge in [0.1, 0.15) is 0 Å². The number of benzene rings is 1. The van der Waals surface area contributed by atoms with Crippen LogP contribution >= 0.6 is 0 Å². The zero-order valence-corrected chi connectivity index (χ0v) is 9.77. The molecule has 1 aromatic carbocycles. The molecule has 0 unspecified atom stereocenters. The molecule has 0 aliphatic rings. The maximum Gasteiger partial charge on any atom is 0.336 e. The SMILES string of the molecule is CCOC(=O)C=Cc1cc(C)ccc1C(=O)O. The lowest BCUT2D eigenvalue weighted by molar-refractivity contribution is -0.137. The third kappa shape index (κ3) is 3.75. The fraction of sp³-hybridized carbons (Fsp3) is 0.231. The minimum atomic E-state index is -1.02. The predicted octanol–water partition coefficient (Wildman–Crippen LogP) is 2.27. The van der Waals surface area contributed by atoms with Gasteiger partial charge in [-0.1, -0.05) is 17.7 Å². The van der Waals surface area contributed by atoms with Gasteiger partial charge in [-0.05, 0) is 31.6 Å². The maximum absolute atomic E-state index is 11.1. The molecule has 0 radical (unpaired) electrons. The van der Waals surface area contributed by atoms with Crippen molar-refractivity contribution in [3.05, 3.63) is 41.0 Å². The number of esters is 1. The number of rotatable bonds is 4. The van der Waals surface area contributed by atoms with Crippen LogP contribution < -0.4 is 0 Å². The van der Waals surface area contributed by atoms with Crippen LogP contribution in [0.15, 0.2) is 24.3 Å². The van der Waals surface area contributed by atoms with Crippen LogP contribution in [0.4, 0.5) is 0 Å². The Morgan fingerprint density at radius 1 is 1.41 bits per heavy atom. The first-order valence-electron chi connectivity index (χ1n) is 5.23. The zero-order chi connectivity index (χ0) is 12.8. The fourth-order valence-electron chi connectivity index (χ4n) is 1.36. The van der Waals surface area contributed by atoms with Crippen LogP contribution in [0, 0.1) is 6.92 Å². The third-order valence-electron chi connectivity index (χ3n) is 2.12. The highest BCUT2D eigenvalue weighted by Gasteiger charge is 2.07. The van der Waals surface area contributed by atoms with E-state index in [1.165, 1.54) is 18.2 Å². The van der Waals surface area contributed by atoms with E-state index in [1.54, 1.807) is 19.1 Å². The van der Waals surface area contributed by atoms with Crippen LogP contribution in [0.25, 0.3) is 6.08 Å². The fourth-order valence-corrected chi connectivity index (χ4v) is 1.36. The topological polar surface area (TPSA) is 63.6 Å². The minimum absolute atomic E-state index is 0.163. The van der Waals surface area contributed by atoms with Gasteiger partial charge in [0, 0.05) is 6.08 Å². The summed E-state index contributed by atoms with van der Waals surface area (Å²) in [6.45, 7) is 3.86. The Labute approximate surface area is 99.5 Å². The van der Waals surface area contributed by atoms with Crippen molar-refractivity contribution in [2.24, 2.45) is 0 Å². The van der Waals surface area contributed by atoms with Crippen molar-refractivity contribution >= 4 is 18.0 Å². The highest BCUT2D eigenvalue weighted by atomic mass is 16.5. The van der Waals surface area contributed by atoms with Crippen LogP contribution in [0.3, 0.4) is 0 Å². The molecule has 0 bridgehead atoms. The Balaban J connectivity index is 3.00. The second-order valence-electron chi connectivity index (χ2n) is 3.48. The number of carboxylic acids is 1. The normalized spacial score (nSPS) is 10.5. The first kappa shape index (κ1) is 13.0. The van der Waals surface area contributed by atoms with E-state index in [0.717, 1.165) is 5.56 Å². The monoisotopic (exact) mass is 234 g/mol. The summed E-state index contributed by atoms with van der Waals surface area (Å²) in [5.41, 5.74) is 1.58. The second-order valence-corrected chi connectivity index (χ2v) is 3.48. The van der Waals surface area contributed by atoms with Gasteiger partial charge < -0.3 is 9.84 Å². The molecule has 1 rings (SSSR count). The molecular formula is C13H14O4. The largest absolute Gasteiger partial charge is 0.478 e. The van der Waals surface area contributed by atoms with E-state index in [9.17, 15) is 9.59 Å². The second kappa shape index (κ2) is 5.84. The van der Waals surface area contributed by atoms with Gasteiger partial charge in [-0.2, -0.15) is 0 Å². The summed E-state index contributed by atoms with van der Waals surface area (Å²) < 4.78 is 4.72. The minimum Gasteiger partial charge on any atom is -0.478 e. The number of aromatic carboxylic acids is 1. The van der Waals surface area contributed by atoms with E-state index in [4.69, 9.17) is 9.84 Å². The van der Waals surface area contributed by atoms with Crippen molar-refractivity contribution < 1.29 is 19.4 Å². The lowest BCUT2D eigenvalue weighted by Gasteiger charge is -2.02. The lowest BCUT2D eigenvalue weighted by atomic mass is 10.0. The molecule has 90 valence electrons. The van der Waals surface area contributed by atoms with E-state index in [-0.39, 0.29) is 5.56 Å². The molecule has 1 aromatic rings. The Morgan fingerprint density at radius 3 is 2.71 bits per heavy atom. The molecule has 0 amide bonds. The molecule has 17 heavy (non-hydrogen) atoms. The van der Waals surface area contributed by atoms with Crippen LogP contribution in [0.5, 0.6) is 0 Å². The Morgan fingerprint density at radius 2 is 2.12 bits per heavy atom. The van der Waals surface area contributed by atoms with E-state index in [2.05, 4.69) is 0 Å². The molecular weight excluding hydrogens is 220 g/mol. The Kier molecular flexibility index (Phi) is 4.46. The first-order chi connectivity index (χ1) is 8.04. The van der Waals surface area contributed by atoms with Gasteiger partial charge in [0.2, 0.25) is 0 Å². The number of carbonyl (C=O) groups is 2. The van der Waals surface area contributed by atoms with Gasteiger partial charge in [0.05, 0.1) is 12.2 Å². The third-order valence-corrected chi connectivity index (χ3v) is 2.12. The van der Waals surface area contributed by atoms with Gasteiger partial charge in [0.25, 0.3) is 0 Å². The number of carboxylic acid groups (broad SMARTS) is 1. The number of aryl methyl sites for hydroxylation is 1. The summed E-state index contributed by atoms with van der Waals surface area (Å²) in [5.74, 6) is -1.50. The molecule has 0 aliphatic heterocycles. The molecule has 0 spiro atoms. The van der Waals surface area contributed by atoms with Crippen LogP contribution in [-0.4, -0.2) is 23.7 Å². The maximum atomic E-state index is 11.1. The van der Waals surface area contributed by atoms with E-state index in [1.807, 2.05) is 6.92 Å². The first-order valence-corrected chi connectivity index (χ1v) is 5.23. The van der Waals surface area contributed by atoms with E-state index >= 15 is 0 Å². The van der Waals surface area contributed by atoms with E-state index in [0.29, 0.717) is 12.2 Å². The summed E-state index contributed by atoms with van der Waals surface area (Å²) in [7, 11) is 0. The molecule has 1 N–H and O–H groups in total.